The van der Waals surface area contributed by atoms with Crippen LogP contribution in [0.2, 0.25) is 0 Å². The van der Waals surface area contributed by atoms with Crippen LogP contribution in [0.5, 0.6) is 0 Å². The van der Waals surface area contributed by atoms with Crippen molar-refractivity contribution in [1.82, 2.24) is 10.2 Å². The second kappa shape index (κ2) is 10.2. The molecule has 3 aromatic rings. The van der Waals surface area contributed by atoms with Crippen molar-refractivity contribution >= 4 is 51.8 Å². The molecule has 1 heterocycles. The summed E-state index contributed by atoms with van der Waals surface area (Å²) < 4.78 is 38.6. The molecule has 2 amide bonds. The molecule has 3 rings (SSSR count). The van der Waals surface area contributed by atoms with Crippen LogP contribution in [-0.4, -0.2) is 27.8 Å². The molecule has 2 aromatic carbocycles. The van der Waals surface area contributed by atoms with Crippen LogP contribution in [0.1, 0.15) is 11.1 Å². The van der Waals surface area contributed by atoms with Gasteiger partial charge in [0, 0.05) is 11.8 Å². The minimum atomic E-state index is -4.49. The van der Waals surface area contributed by atoms with E-state index >= 15 is 0 Å². The number of hydrogen-bond donors (Lipinski definition) is 2. The molecule has 6 nitrogen and oxygen atoms in total. The van der Waals surface area contributed by atoms with Crippen LogP contribution in [0.3, 0.4) is 0 Å². The van der Waals surface area contributed by atoms with Gasteiger partial charge in [0.25, 0.3) is 0 Å². The van der Waals surface area contributed by atoms with E-state index in [0.717, 1.165) is 40.8 Å². The average molecular weight is 464 g/mol. The first-order chi connectivity index (χ1) is 14.8. The lowest BCUT2D eigenvalue weighted by Gasteiger charge is -2.09. The summed E-state index contributed by atoms with van der Waals surface area (Å²) in [6.45, 7) is 0. The number of benzene rings is 2. The first-order valence-corrected chi connectivity index (χ1v) is 10.6. The SMILES string of the molecule is O=C(/C=C/c1ccccc1)Nc1nnc(SCC(=O)Nc2cccc(C(F)(F)F)c2)s1. The smallest absolute Gasteiger partial charge is 0.325 e. The zero-order valence-corrected chi connectivity index (χ0v) is 17.4. The highest BCUT2D eigenvalue weighted by Gasteiger charge is 2.30. The predicted octanol–water partition coefficient (Wildman–Crippen LogP) is 4.94. The number of carbonyl (C=O) groups excluding carboxylic acids is 2. The highest BCUT2D eigenvalue weighted by atomic mass is 32.2. The van der Waals surface area contributed by atoms with Gasteiger partial charge < -0.3 is 5.32 Å². The topological polar surface area (TPSA) is 84.0 Å². The lowest BCUT2D eigenvalue weighted by atomic mass is 10.2. The van der Waals surface area contributed by atoms with Crippen molar-refractivity contribution in [2.75, 3.05) is 16.4 Å². The van der Waals surface area contributed by atoms with Crippen molar-refractivity contribution < 1.29 is 22.8 Å². The number of nitrogens with zero attached hydrogens (tertiary/aromatic N) is 2. The number of alkyl halides is 3. The van der Waals surface area contributed by atoms with Crippen LogP contribution in [0.15, 0.2) is 65.0 Å². The second-order valence-electron chi connectivity index (χ2n) is 6.02. The maximum Gasteiger partial charge on any atom is 0.416 e. The normalized spacial score (nSPS) is 11.5. The third-order valence-corrected chi connectivity index (χ3v) is 5.64. The Morgan fingerprint density at radius 2 is 1.81 bits per heavy atom. The van der Waals surface area contributed by atoms with Crippen molar-refractivity contribution in [3.8, 4) is 0 Å². The summed E-state index contributed by atoms with van der Waals surface area (Å²) >= 11 is 2.14. The number of thioether (sulfide) groups is 1. The van der Waals surface area contributed by atoms with E-state index in [1.807, 2.05) is 30.3 Å². The van der Waals surface area contributed by atoms with E-state index in [-0.39, 0.29) is 22.5 Å². The standard InChI is InChI=1S/C20H15F3N4O2S2/c21-20(22,23)14-7-4-8-15(11-14)24-17(29)12-30-19-27-26-18(31-19)25-16(28)10-9-13-5-2-1-3-6-13/h1-11H,12H2,(H,24,29)(H,25,26,28)/b10-9+. The van der Waals surface area contributed by atoms with Gasteiger partial charge in [0.1, 0.15) is 0 Å². The summed E-state index contributed by atoms with van der Waals surface area (Å²) in [4.78, 5) is 24.0. The van der Waals surface area contributed by atoms with Crippen molar-refractivity contribution in [2.45, 2.75) is 10.5 Å². The molecule has 0 saturated carbocycles. The molecule has 0 aliphatic rings. The number of rotatable bonds is 7. The number of aromatic nitrogens is 2. The van der Waals surface area contributed by atoms with Crippen LogP contribution >= 0.6 is 23.1 Å². The highest BCUT2D eigenvalue weighted by molar-refractivity contribution is 8.01. The first kappa shape index (κ1) is 22.5. The fourth-order valence-electron chi connectivity index (χ4n) is 2.30. The molecule has 1 aromatic heterocycles. The first-order valence-electron chi connectivity index (χ1n) is 8.77. The molecule has 31 heavy (non-hydrogen) atoms. The fraction of sp³-hybridized carbons (Fsp3) is 0.100. The lowest BCUT2D eigenvalue weighted by molar-refractivity contribution is -0.137. The Balaban J connectivity index is 1.48. The van der Waals surface area contributed by atoms with Gasteiger partial charge in [0.15, 0.2) is 4.34 Å². The van der Waals surface area contributed by atoms with Gasteiger partial charge in [-0.15, -0.1) is 10.2 Å². The molecule has 2 N–H and O–H groups in total. The maximum absolute atomic E-state index is 12.7. The van der Waals surface area contributed by atoms with Crippen molar-refractivity contribution in [2.24, 2.45) is 0 Å². The quantitative estimate of drug-likeness (QED) is 0.294. The fourth-order valence-corrected chi connectivity index (χ4v) is 3.85. The van der Waals surface area contributed by atoms with E-state index in [0.29, 0.717) is 4.34 Å². The van der Waals surface area contributed by atoms with Crippen LogP contribution in [-0.2, 0) is 15.8 Å². The van der Waals surface area contributed by atoms with Gasteiger partial charge >= 0.3 is 6.18 Å². The predicted molar refractivity (Wildman–Crippen MR) is 115 cm³/mol. The van der Waals surface area contributed by atoms with E-state index in [4.69, 9.17) is 0 Å². The molecule has 0 atom stereocenters. The second-order valence-corrected chi connectivity index (χ2v) is 8.22. The summed E-state index contributed by atoms with van der Waals surface area (Å²) in [5.74, 6) is -0.943. The molecule has 0 aliphatic carbocycles. The van der Waals surface area contributed by atoms with Crippen LogP contribution in [0, 0.1) is 0 Å². The van der Waals surface area contributed by atoms with E-state index in [2.05, 4.69) is 20.8 Å². The van der Waals surface area contributed by atoms with E-state index < -0.39 is 17.6 Å². The molecule has 0 aliphatic heterocycles. The summed E-state index contributed by atoms with van der Waals surface area (Å²) in [6.07, 6.45) is -1.46. The number of anilines is 2. The number of carbonyl (C=O) groups is 2. The summed E-state index contributed by atoms with van der Waals surface area (Å²) in [6, 6.07) is 13.7. The van der Waals surface area contributed by atoms with Crippen molar-refractivity contribution in [3.63, 3.8) is 0 Å². The number of halogens is 3. The summed E-state index contributed by atoms with van der Waals surface area (Å²) in [7, 11) is 0. The largest absolute Gasteiger partial charge is 0.416 e. The van der Waals surface area contributed by atoms with Crippen molar-refractivity contribution in [1.29, 1.82) is 0 Å². The van der Waals surface area contributed by atoms with Crippen LogP contribution in [0.4, 0.5) is 24.0 Å². The molecule has 0 unspecified atom stereocenters. The summed E-state index contributed by atoms with van der Waals surface area (Å²) in [5, 5.41) is 13.0. The summed E-state index contributed by atoms with van der Waals surface area (Å²) in [5.41, 5.74) is 0.0811. The Morgan fingerprint density at radius 1 is 1.03 bits per heavy atom. The van der Waals surface area contributed by atoms with Gasteiger partial charge in [-0.1, -0.05) is 59.5 Å². The molecule has 0 spiro atoms. The van der Waals surface area contributed by atoms with Gasteiger partial charge in [0.2, 0.25) is 16.9 Å². The number of amides is 2. The molecule has 0 saturated heterocycles. The lowest BCUT2D eigenvalue weighted by Crippen LogP contribution is -2.15. The van der Waals surface area contributed by atoms with Gasteiger partial charge in [-0.25, -0.2) is 0 Å². The molecule has 0 bridgehead atoms. The van der Waals surface area contributed by atoms with Gasteiger partial charge in [0.05, 0.1) is 11.3 Å². The maximum atomic E-state index is 12.7. The van der Waals surface area contributed by atoms with Crippen LogP contribution in [0.25, 0.3) is 6.08 Å². The zero-order valence-electron chi connectivity index (χ0n) is 15.7. The Kier molecular flexibility index (Phi) is 7.42. The van der Waals surface area contributed by atoms with Crippen molar-refractivity contribution in [3.05, 3.63) is 71.8 Å². The molecule has 0 radical (unpaired) electrons. The van der Waals surface area contributed by atoms with Gasteiger partial charge in [-0.05, 0) is 29.8 Å². The molecule has 160 valence electrons. The molecule has 11 heteroatoms. The Hall–Kier alpha value is -3.18. The minimum Gasteiger partial charge on any atom is -0.325 e. The monoisotopic (exact) mass is 464 g/mol. The number of nitrogens with one attached hydrogen (secondary N) is 2. The van der Waals surface area contributed by atoms with E-state index in [1.54, 1.807) is 6.08 Å². The van der Waals surface area contributed by atoms with E-state index in [9.17, 15) is 22.8 Å². The van der Waals surface area contributed by atoms with Crippen LogP contribution < -0.4 is 10.6 Å². The highest BCUT2D eigenvalue weighted by Crippen LogP contribution is 2.31. The average Bonchev–Trinajstić information content (AvgIpc) is 3.18. The zero-order chi connectivity index (χ0) is 22.3. The molecular weight excluding hydrogens is 449 g/mol. The minimum absolute atomic E-state index is 0.0517. The van der Waals surface area contributed by atoms with E-state index in [1.165, 1.54) is 18.2 Å². The molecule has 0 fully saturated rings. The molecular formula is C20H15F3N4O2S2. The third-order valence-electron chi connectivity index (χ3n) is 3.66. The number of hydrogen-bond acceptors (Lipinski definition) is 6. The Morgan fingerprint density at radius 3 is 2.55 bits per heavy atom. The third kappa shape index (κ3) is 7.23. The van der Waals surface area contributed by atoms with Gasteiger partial charge in [-0.3, -0.25) is 14.9 Å². The Labute approximate surface area is 183 Å². The van der Waals surface area contributed by atoms with Gasteiger partial charge in [-0.2, -0.15) is 13.2 Å². The Bertz CT molecular complexity index is 1090.